The first-order chi connectivity index (χ1) is 5.43. The standard InChI is InChI=1S/C7H14N2O2S/c1-4-7(2)9(6-5-8)12(3,10)11/h7H,4,6H2,1-3H3. The molecule has 0 radical (unpaired) electrons. The van der Waals surface area contributed by atoms with Gasteiger partial charge in [-0.2, -0.15) is 9.57 Å². The average Bonchev–Trinajstić information content (AvgIpc) is 1.96. The van der Waals surface area contributed by atoms with Gasteiger partial charge in [0.15, 0.2) is 0 Å². The molecule has 0 aromatic rings. The summed E-state index contributed by atoms with van der Waals surface area (Å²) in [6.07, 6.45) is 1.84. The lowest BCUT2D eigenvalue weighted by molar-refractivity contribution is 0.360. The first-order valence-electron chi connectivity index (χ1n) is 3.77. The second kappa shape index (κ2) is 4.43. The Labute approximate surface area is 73.8 Å². The topological polar surface area (TPSA) is 61.2 Å². The summed E-state index contributed by atoms with van der Waals surface area (Å²) in [5.74, 6) is 0. The van der Waals surface area contributed by atoms with Crippen molar-refractivity contribution in [3.63, 3.8) is 0 Å². The Kier molecular flexibility index (Phi) is 4.21. The van der Waals surface area contributed by atoms with Crippen LogP contribution in [0, 0.1) is 11.3 Å². The van der Waals surface area contributed by atoms with Crippen LogP contribution in [0.25, 0.3) is 0 Å². The van der Waals surface area contributed by atoms with E-state index in [0.29, 0.717) is 0 Å². The number of sulfonamides is 1. The monoisotopic (exact) mass is 190 g/mol. The summed E-state index contributed by atoms with van der Waals surface area (Å²) < 4.78 is 23.4. The van der Waals surface area contributed by atoms with Crippen LogP contribution in [0.4, 0.5) is 0 Å². The van der Waals surface area contributed by atoms with Gasteiger partial charge in [-0.1, -0.05) is 6.92 Å². The van der Waals surface area contributed by atoms with Crippen molar-refractivity contribution in [2.24, 2.45) is 0 Å². The molecule has 0 bridgehead atoms. The lowest BCUT2D eigenvalue weighted by Gasteiger charge is -2.22. The van der Waals surface area contributed by atoms with Crippen LogP contribution < -0.4 is 0 Å². The predicted molar refractivity (Wildman–Crippen MR) is 46.9 cm³/mol. The highest BCUT2D eigenvalue weighted by molar-refractivity contribution is 7.88. The van der Waals surface area contributed by atoms with Gasteiger partial charge in [-0.25, -0.2) is 8.42 Å². The van der Waals surface area contributed by atoms with E-state index in [9.17, 15) is 8.42 Å². The Balaban J connectivity index is 4.58. The number of nitriles is 1. The van der Waals surface area contributed by atoms with Gasteiger partial charge < -0.3 is 0 Å². The van der Waals surface area contributed by atoms with Crippen molar-refractivity contribution in [2.75, 3.05) is 12.8 Å². The molecule has 0 aliphatic rings. The van der Waals surface area contributed by atoms with E-state index in [1.165, 1.54) is 4.31 Å². The van der Waals surface area contributed by atoms with E-state index in [4.69, 9.17) is 5.26 Å². The van der Waals surface area contributed by atoms with Crippen LogP contribution in [-0.2, 0) is 10.0 Å². The molecule has 0 aromatic heterocycles. The zero-order chi connectivity index (χ0) is 9.78. The average molecular weight is 190 g/mol. The minimum atomic E-state index is -3.23. The molecule has 0 aliphatic carbocycles. The van der Waals surface area contributed by atoms with Gasteiger partial charge in [-0.05, 0) is 13.3 Å². The summed E-state index contributed by atoms with van der Waals surface area (Å²) in [6.45, 7) is 3.62. The molecule has 12 heavy (non-hydrogen) atoms. The minimum absolute atomic E-state index is 0.0617. The van der Waals surface area contributed by atoms with Crippen molar-refractivity contribution in [1.29, 1.82) is 5.26 Å². The highest BCUT2D eigenvalue weighted by Crippen LogP contribution is 2.07. The first kappa shape index (κ1) is 11.4. The molecule has 0 rings (SSSR count). The van der Waals surface area contributed by atoms with Gasteiger partial charge in [0.2, 0.25) is 10.0 Å². The third-order valence-electron chi connectivity index (χ3n) is 1.73. The molecular formula is C7H14N2O2S. The molecule has 0 saturated heterocycles. The number of rotatable bonds is 4. The molecule has 0 N–H and O–H groups in total. The quantitative estimate of drug-likeness (QED) is 0.609. The van der Waals surface area contributed by atoms with Crippen LogP contribution in [0.15, 0.2) is 0 Å². The lowest BCUT2D eigenvalue weighted by Crippen LogP contribution is -2.37. The van der Waals surface area contributed by atoms with E-state index in [-0.39, 0.29) is 12.6 Å². The van der Waals surface area contributed by atoms with Crippen molar-refractivity contribution in [3.8, 4) is 6.07 Å². The fraction of sp³-hybridized carbons (Fsp3) is 0.857. The Hall–Kier alpha value is -0.600. The third-order valence-corrected chi connectivity index (χ3v) is 3.08. The molecule has 0 spiro atoms. The Morgan fingerprint density at radius 3 is 2.33 bits per heavy atom. The van der Waals surface area contributed by atoms with Crippen LogP contribution in [0.3, 0.4) is 0 Å². The highest BCUT2D eigenvalue weighted by atomic mass is 32.2. The molecule has 70 valence electrons. The number of hydrogen-bond acceptors (Lipinski definition) is 3. The van der Waals surface area contributed by atoms with Crippen LogP contribution in [0.5, 0.6) is 0 Å². The molecule has 0 heterocycles. The van der Waals surface area contributed by atoms with Gasteiger partial charge in [0.1, 0.15) is 6.54 Å². The maximum absolute atomic E-state index is 11.1. The van der Waals surface area contributed by atoms with E-state index >= 15 is 0 Å². The highest BCUT2D eigenvalue weighted by Gasteiger charge is 2.20. The zero-order valence-corrected chi connectivity index (χ0v) is 8.43. The lowest BCUT2D eigenvalue weighted by atomic mass is 10.3. The zero-order valence-electron chi connectivity index (χ0n) is 7.61. The number of hydrogen-bond donors (Lipinski definition) is 0. The summed E-state index contributed by atoms with van der Waals surface area (Å²) in [5, 5.41) is 8.39. The van der Waals surface area contributed by atoms with E-state index in [2.05, 4.69) is 0 Å². The van der Waals surface area contributed by atoms with Crippen LogP contribution in [0.2, 0.25) is 0 Å². The molecule has 1 unspecified atom stereocenters. The van der Waals surface area contributed by atoms with Gasteiger partial charge in [0, 0.05) is 6.04 Å². The third kappa shape index (κ3) is 3.20. The van der Waals surface area contributed by atoms with Gasteiger partial charge in [0.25, 0.3) is 0 Å². The van der Waals surface area contributed by atoms with Crippen molar-refractivity contribution in [3.05, 3.63) is 0 Å². The van der Waals surface area contributed by atoms with E-state index in [1.54, 1.807) is 6.92 Å². The number of nitrogens with zero attached hydrogens (tertiary/aromatic N) is 2. The van der Waals surface area contributed by atoms with Crippen molar-refractivity contribution in [1.82, 2.24) is 4.31 Å². The maximum atomic E-state index is 11.1. The van der Waals surface area contributed by atoms with Crippen LogP contribution in [0.1, 0.15) is 20.3 Å². The molecule has 0 saturated carbocycles. The van der Waals surface area contributed by atoms with Gasteiger partial charge in [0.05, 0.1) is 12.3 Å². The molecule has 4 nitrogen and oxygen atoms in total. The van der Waals surface area contributed by atoms with E-state index in [1.807, 2.05) is 13.0 Å². The fourth-order valence-corrected chi connectivity index (χ4v) is 1.97. The summed E-state index contributed by atoms with van der Waals surface area (Å²) >= 11 is 0. The molecule has 0 aromatic carbocycles. The fourth-order valence-electron chi connectivity index (χ4n) is 0.873. The second-order valence-electron chi connectivity index (χ2n) is 2.72. The van der Waals surface area contributed by atoms with Gasteiger partial charge in [-0.3, -0.25) is 0 Å². The summed E-state index contributed by atoms with van der Waals surface area (Å²) in [4.78, 5) is 0. The maximum Gasteiger partial charge on any atom is 0.212 e. The van der Waals surface area contributed by atoms with Crippen molar-refractivity contribution >= 4 is 10.0 Å². The van der Waals surface area contributed by atoms with Gasteiger partial charge in [-0.15, -0.1) is 0 Å². The SMILES string of the molecule is CCC(C)N(CC#N)S(C)(=O)=O. The minimum Gasteiger partial charge on any atom is -0.212 e. The second-order valence-corrected chi connectivity index (χ2v) is 4.66. The Morgan fingerprint density at radius 2 is 2.08 bits per heavy atom. The molecule has 0 aliphatic heterocycles. The van der Waals surface area contributed by atoms with Crippen LogP contribution in [-0.4, -0.2) is 31.6 Å². The molecule has 0 fully saturated rings. The van der Waals surface area contributed by atoms with Crippen molar-refractivity contribution in [2.45, 2.75) is 26.3 Å². The predicted octanol–water partition coefficient (Wildman–Crippen LogP) is 0.570. The normalized spacial score (nSPS) is 14.2. The van der Waals surface area contributed by atoms with Crippen LogP contribution >= 0.6 is 0 Å². The van der Waals surface area contributed by atoms with Gasteiger partial charge >= 0.3 is 0 Å². The summed E-state index contributed by atoms with van der Waals surface area (Å²) in [5.41, 5.74) is 0. The van der Waals surface area contributed by atoms with E-state index in [0.717, 1.165) is 12.7 Å². The van der Waals surface area contributed by atoms with Crippen molar-refractivity contribution < 1.29 is 8.42 Å². The molecular weight excluding hydrogens is 176 g/mol. The van der Waals surface area contributed by atoms with E-state index < -0.39 is 10.0 Å². The summed E-state index contributed by atoms with van der Waals surface area (Å²) in [6, 6.07) is 1.74. The Morgan fingerprint density at radius 1 is 1.58 bits per heavy atom. The molecule has 1 atom stereocenters. The Bertz CT molecular complexity index is 266. The smallest absolute Gasteiger partial charge is 0.212 e. The molecule has 5 heteroatoms. The largest absolute Gasteiger partial charge is 0.212 e. The molecule has 0 amide bonds. The summed E-state index contributed by atoms with van der Waals surface area (Å²) in [7, 11) is -3.23. The first-order valence-corrected chi connectivity index (χ1v) is 5.62.